The van der Waals surface area contributed by atoms with Gasteiger partial charge >= 0.3 is 0 Å². The van der Waals surface area contributed by atoms with Gasteiger partial charge in [-0.2, -0.15) is 0 Å². The molecule has 1 aliphatic rings. The van der Waals surface area contributed by atoms with Gasteiger partial charge in [-0.05, 0) is 85.9 Å². The van der Waals surface area contributed by atoms with Gasteiger partial charge in [0.25, 0.3) is 0 Å². The van der Waals surface area contributed by atoms with Crippen LogP contribution in [0.3, 0.4) is 0 Å². The monoisotopic (exact) mass is 428 g/mol. The Kier molecular flexibility index (Phi) is 5.23. The molecule has 0 radical (unpaired) electrons. The molecule has 2 aromatic carbocycles. The summed E-state index contributed by atoms with van der Waals surface area (Å²) in [6.45, 7) is 4.75. The quantitative estimate of drug-likeness (QED) is 0.479. The number of aromatic nitrogens is 4. The number of hydrogen-bond donors (Lipinski definition) is 1. The molecule has 1 N–H and O–H groups in total. The molecular weight excluding hydrogens is 403 g/mol. The highest BCUT2D eigenvalue weighted by Gasteiger charge is 2.23. The molecule has 0 amide bonds. The molecular formula is C26H25FN4O. The molecule has 0 bridgehead atoms. The average molecular weight is 429 g/mol. The number of aliphatic hydroxyl groups is 1. The summed E-state index contributed by atoms with van der Waals surface area (Å²) in [4.78, 5) is 9.10. The van der Waals surface area contributed by atoms with Crippen LogP contribution in [0, 0.1) is 19.7 Å². The third-order valence-electron chi connectivity index (χ3n) is 5.97. The fourth-order valence-electron chi connectivity index (χ4n) is 4.49. The van der Waals surface area contributed by atoms with Crippen LogP contribution >= 0.6 is 0 Å². The standard InChI is InChI=1S/C26H25FN4O/c1-17-12-19(5-10-24(17)30-14-18(2)28-16-30)13-21-4-3-11-31-25(23(15-32)29-26(21)31)20-6-8-22(27)9-7-20/h5-10,12-14,16,32H,3-4,11,15H2,1-2H3/b21-13+. The maximum Gasteiger partial charge on any atom is 0.136 e. The van der Waals surface area contributed by atoms with E-state index in [4.69, 9.17) is 4.98 Å². The van der Waals surface area contributed by atoms with Gasteiger partial charge in [-0.15, -0.1) is 0 Å². The summed E-state index contributed by atoms with van der Waals surface area (Å²) in [5, 5.41) is 9.96. The van der Waals surface area contributed by atoms with E-state index in [-0.39, 0.29) is 12.4 Å². The second-order valence-corrected chi connectivity index (χ2v) is 8.29. The third-order valence-corrected chi connectivity index (χ3v) is 5.97. The minimum absolute atomic E-state index is 0.155. The minimum Gasteiger partial charge on any atom is -0.390 e. The molecule has 1 aliphatic heterocycles. The van der Waals surface area contributed by atoms with Crippen LogP contribution in [0.2, 0.25) is 0 Å². The first-order valence-corrected chi connectivity index (χ1v) is 10.8. The number of fused-ring (bicyclic) bond motifs is 1. The average Bonchev–Trinajstić information content (AvgIpc) is 3.38. The number of halogens is 1. The Morgan fingerprint density at radius 3 is 2.62 bits per heavy atom. The van der Waals surface area contributed by atoms with Crippen LogP contribution in [-0.2, 0) is 13.2 Å². The SMILES string of the molecule is Cc1cn(-c2ccc(/C=C3\CCCn4c3nc(CO)c4-c3ccc(F)cc3)cc2C)cn1. The van der Waals surface area contributed by atoms with Gasteiger partial charge < -0.3 is 14.2 Å². The van der Waals surface area contributed by atoms with Crippen LogP contribution in [0.5, 0.6) is 0 Å². The van der Waals surface area contributed by atoms with Crippen LogP contribution in [0.1, 0.15) is 41.2 Å². The molecule has 32 heavy (non-hydrogen) atoms. The van der Waals surface area contributed by atoms with Crippen molar-refractivity contribution in [2.45, 2.75) is 39.8 Å². The molecule has 0 spiro atoms. The summed E-state index contributed by atoms with van der Waals surface area (Å²) >= 11 is 0. The number of imidazole rings is 2. The van der Waals surface area contributed by atoms with E-state index in [2.05, 4.69) is 40.7 Å². The Morgan fingerprint density at radius 1 is 1.12 bits per heavy atom. The van der Waals surface area contributed by atoms with Crippen molar-refractivity contribution in [3.63, 3.8) is 0 Å². The summed E-state index contributed by atoms with van der Waals surface area (Å²) in [6.07, 6.45) is 7.95. The molecule has 6 heteroatoms. The molecule has 2 aromatic heterocycles. The van der Waals surface area contributed by atoms with Gasteiger partial charge in [0.15, 0.2) is 0 Å². The van der Waals surface area contributed by atoms with Crippen molar-refractivity contribution in [3.05, 3.63) is 89.1 Å². The summed E-state index contributed by atoms with van der Waals surface area (Å²) in [5.41, 5.74) is 7.88. The first-order valence-electron chi connectivity index (χ1n) is 10.8. The van der Waals surface area contributed by atoms with Crippen LogP contribution in [-0.4, -0.2) is 24.2 Å². The second kappa shape index (κ2) is 8.20. The molecule has 3 heterocycles. The lowest BCUT2D eigenvalue weighted by molar-refractivity contribution is 0.278. The Bertz CT molecular complexity index is 1310. The molecule has 0 aliphatic carbocycles. The van der Waals surface area contributed by atoms with E-state index in [1.165, 1.54) is 17.7 Å². The highest BCUT2D eigenvalue weighted by atomic mass is 19.1. The number of hydrogen-bond acceptors (Lipinski definition) is 3. The van der Waals surface area contributed by atoms with Gasteiger partial charge in [0.2, 0.25) is 0 Å². The zero-order chi connectivity index (χ0) is 22.2. The van der Waals surface area contributed by atoms with Gasteiger partial charge in [0.1, 0.15) is 11.6 Å². The fourth-order valence-corrected chi connectivity index (χ4v) is 4.49. The van der Waals surface area contributed by atoms with Gasteiger partial charge in [0, 0.05) is 24.0 Å². The molecule has 5 rings (SSSR count). The van der Waals surface area contributed by atoms with Gasteiger partial charge in [-0.3, -0.25) is 0 Å². The Balaban J connectivity index is 1.54. The van der Waals surface area contributed by atoms with Crippen molar-refractivity contribution in [2.75, 3.05) is 0 Å². The summed E-state index contributed by atoms with van der Waals surface area (Å²) in [5.74, 6) is 0.606. The lowest BCUT2D eigenvalue weighted by Crippen LogP contribution is -2.11. The van der Waals surface area contributed by atoms with Crippen molar-refractivity contribution in [1.82, 2.24) is 19.1 Å². The smallest absolute Gasteiger partial charge is 0.136 e. The minimum atomic E-state index is -0.275. The van der Waals surface area contributed by atoms with Crippen LogP contribution in [0.4, 0.5) is 4.39 Å². The Hall–Kier alpha value is -3.51. The highest BCUT2D eigenvalue weighted by Crippen LogP contribution is 2.35. The maximum atomic E-state index is 13.4. The normalized spacial score (nSPS) is 14.7. The van der Waals surface area contributed by atoms with Crippen molar-refractivity contribution < 1.29 is 9.50 Å². The predicted molar refractivity (Wildman–Crippen MR) is 124 cm³/mol. The van der Waals surface area contributed by atoms with Gasteiger partial charge in [-0.1, -0.05) is 6.07 Å². The van der Waals surface area contributed by atoms with Gasteiger partial charge in [-0.25, -0.2) is 14.4 Å². The van der Waals surface area contributed by atoms with Gasteiger partial charge in [0.05, 0.1) is 30.0 Å². The Morgan fingerprint density at radius 2 is 1.94 bits per heavy atom. The number of benzene rings is 2. The van der Waals surface area contributed by atoms with Crippen LogP contribution < -0.4 is 0 Å². The van der Waals surface area contributed by atoms with E-state index in [9.17, 15) is 9.50 Å². The van der Waals surface area contributed by atoms with Crippen LogP contribution in [0.25, 0.3) is 28.6 Å². The predicted octanol–water partition coefficient (Wildman–Crippen LogP) is 5.32. The van der Waals surface area contributed by atoms with Crippen molar-refractivity contribution in [3.8, 4) is 16.9 Å². The van der Waals surface area contributed by atoms with E-state index in [1.807, 2.05) is 24.0 Å². The third kappa shape index (κ3) is 3.67. The largest absolute Gasteiger partial charge is 0.390 e. The van der Waals surface area contributed by atoms with Crippen molar-refractivity contribution >= 4 is 11.6 Å². The summed E-state index contributed by atoms with van der Waals surface area (Å²) in [6, 6.07) is 12.8. The topological polar surface area (TPSA) is 55.9 Å². The number of allylic oxidation sites excluding steroid dienone is 1. The lowest BCUT2D eigenvalue weighted by Gasteiger charge is -2.20. The van der Waals surface area contributed by atoms with Crippen molar-refractivity contribution in [2.24, 2.45) is 0 Å². The van der Waals surface area contributed by atoms with E-state index < -0.39 is 0 Å². The van der Waals surface area contributed by atoms with E-state index in [0.717, 1.165) is 59.0 Å². The zero-order valence-electron chi connectivity index (χ0n) is 18.2. The molecule has 0 fully saturated rings. The molecule has 5 nitrogen and oxygen atoms in total. The summed E-state index contributed by atoms with van der Waals surface area (Å²) < 4.78 is 17.6. The fraction of sp³-hybridized carbons (Fsp3) is 0.231. The maximum absolute atomic E-state index is 13.4. The van der Waals surface area contributed by atoms with E-state index in [0.29, 0.717) is 5.69 Å². The van der Waals surface area contributed by atoms with Crippen LogP contribution in [0.15, 0.2) is 55.0 Å². The number of aryl methyl sites for hydroxylation is 2. The Labute approximate surface area is 186 Å². The molecule has 4 aromatic rings. The van der Waals surface area contributed by atoms with E-state index in [1.54, 1.807) is 12.1 Å². The van der Waals surface area contributed by atoms with Crippen molar-refractivity contribution in [1.29, 1.82) is 0 Å². The molecule has 0 unspecified atom stereocenters. The highest BCUT2D eigenvalue weighted by molar-refractivity contribution is 5.81. The number of rotatable bonds is 4. The second-order valence-electron chi connectivity index (χ2n) is 8.29. The lowest BCUT2D eigenvalue weighted by atomic mass is 10.0. The first-order chi connectivity index (χ1) is 15.5. The molecule has 0 saturated heterocycles. The molecule has 162 valence electrons. The molecule has 0 saturated carbocycles. The van der Waals surface area contributed by atoms with E-state index >= 15 is 0 Å². The first kappa shape index (κ1) is 20.4. The molecule has 0 atom stereocenters. The summed E-state index contributed by atoms with van der Waals surface area (Å²) in [7, 11) is 0. The zero-order valence-corrected chi connectivity index (χ0v) is 18.2. The number of nitrogens with zero attached hydrogens (tertiary/aromatic N) is 4. The number of aliphatic hydroxyl groups excluding tert-OH is 1.